The fraction of sp³-hybridized carbons (Fsp3) is 0.118. The van der Waals surface area contributed by atoms with E-state index in [4.69, 9.17) is 0 Å². The first-order valence-corrected chi connectivity index (χ1v) is 8.11. The Morgan fingerprint density at radius 3 is 2.42 bits per heavy atom. The van der Waals surface area contributed by atoms with E-state index < -0.39 is 0 Å². The molecule has 0 atom stereocenters. The van der Waals surface area contributed by atoms with Crippen molar-refractivity contribution in [3.63, 3.8) is 0 Å². The number of aromatic amines is 1. The van der Waals surface area contributed by atoms with Gasteiger partial charge in [-0.05, 0) is 36.4 Å². The predicted molar refractivity (Wildman–Crippen MR) is 96.2 cm³/mol. The molecule has 3 rings (SSSR count). The van der Waals surface area contributed by atoms with E-state index in [1.54, 1.807) is 36.4 Å². The molecule has 0 aliphatic heterocycles. The SMILES string of the molecule is O=C(CCn1[nH]c(=O)c2ccccc2c1=O)Nc1ccc(Br)cc1. The second-order valence-corrected chi connectivity index (χ2v) is 6.16. The molecule has 0 aliphatic carbocycles. The number of halogens is 1. The minimum Gasteiger partial charge on any atom is -0.326 e. The third kappa shape index (κ3) is 3.46. The third-order valence-corrected chi connectivity index (χ3v) is 4.10. The lowest BCUT2D eigenvalue weighted by molar-refractivity contribution is -0.116. The highest BCUT2D eigenvalue weighted by molar-refractivity contribution is 9.10. The molecule has 6 nitrogen and oxygen atoms in total. The number of aryl methyl sites for hydroxylation is 1. The maximum absolute atomic E-state index is 12.3. The number of rotatable bonds is 4. The molecule has 7 heteroatoms. The number of benzene rings is 2. The normalized spacial score (nSPS) is 10.7. The predicted octanol–water partition coefficient (Wildman–Crippen LogP) is 2.48. The van der Waals surface area contributed by atoms with Crippen molar-refractivity contribution in [3.05, 3.63) is 73.7 Å². The van der Waals surface area contributed by atoms with E-state index in [0.717, 1.165) is 4.47 Å². The summed E-state index contributed by atoms with van der Waals surface area (Å²) in [5, 5.41) is 5.94. The fourth-order valence-corrected chi connectivity index (χ4v) is 2.64. The van der Waals surface area contributed by atoms with E-state index in [0.29, 0.717) is 16.5 Å². The molecule has 0 saturated carbocycles. The van der Waals surface area contributed by atoms with Crippen LogP contribution in [0.4, 0.5) is 5.69 Å². The number of carbonyl (C=O) groups excluding carboxylic acids is 1. The van der Waals surface area contributed by atoms with Crippen LogP contribution in [0.5, 0.6) is 0 Å². The molecule has 3 aromatic rings. The summed E-state index contributed by atoms with van der Waals surface area (Å²) in [5.41, 5.74) is 0.00251. The van der Waals surface area contributed by atoms with Crippen molar-refractivity contribution in [2.75, 3.05) is 5.32 Å². The summed E-state index contributed by atoms with van der Waals surface area (Å²) in [6.07, 6.45) is 0.0737. The molecule has 1 aromatic heterocycles. The maximum Gasteiger partial charge on any atom is 0.273 e. The highest BCUT2D eigenvalue weighted by atomic mass is 79.9. The van der Waals surface area contributed by atoms with Gasteiger partial charge in [0.1, 0.15) is 0 Å². The number of aromatic nitrogens is 2. The third-order valence-electron chi connectivity index (χ3n) is 3.57. The molecule has 0 saturated heterocycles. The van der Waals surface area contributed by atoms with Crippen molar-refractivity contribution in [3.8, 4) is 0 Å². The molecule has 122 valence electrons. The molecule has 1 heterocycles. The summed E-state index contributed by atoms with van der Waals surface area (Å²) in [4.78, 5) is 36.3. The molecular weight excluding hydrogens is 374 g/mol. The van der Waals surface area contributed by atoms with Crippen molar-refractivity contribution < 1.29 is 4.79 Å². The van der Waals surface area contributed by atoms with Crippen LogP contribution in [0.2, 0.25) is 0 Å². The van der Waals surface area contributed by atoms with Crippen LogP contribution in [0.1, 0.15) is 6.42 Å². The Hall–Kier alpha value is -2.67. The number of H-pyrrole nitrogens is 1. The van der Waals surface area contributed by atoms with Gasteiger partial charge in [0, 0.05) is 16.6 Å². The monoisotopic (exact) mass is 387 g/mol. The number of carbonyl (C=O) groups is 1. The van der Waals surface area contributed by atoms with Crippen LogP contribution in [0, 0.1) is 0 Å². The van der Waals surface area contributed by atoms with Crippen LogP contribution in [0.25, 0.3) is 10.8 Å². The summed E-state index contributed by atoms with van der Waals surface area (Å²) in [6, 6.07) is 13.8. The Morgan fingerprint density at radius 1 is 1.04 bits per heavy atom. The molecule has 0 spiro atoms. The van der Waals surface area contributed by atoms with E-state index in [-0.39, 0.29) is 30.0 Å². The van der Waals surface area contributed by atoms with Crippen molar-refractivity contribution in [2.24, 2.45) is 0 Å². The van der Waals surface area contributed by atoms with Gasteiger partial charge in [0.25, 0.3) is 11.1 Å². The van der Waals surface area contributed by atoms with E-state index in [9.17, 15) is 14.4 Å². The molecule has 1 amide bonds. The second kappa shape index (κ2) is 6.84. The number of nitrogens with one attached hydrogen (secondary N) is 2. The Labute approximate surface area is 145 Å². The largest absolute Gasteiger partial charge is 0.326 e. The number of nitrogens with zero attached hydrogens (tertiary/aromatic N) is 1. The van der Waals surface area contributed by atoms with Gasteiger partial charge in [0.2, 0.25) is 5.91 Å². The zero-order valence-electron chi connectivity index (χ0n) is 12.6. The molecule has 0 bridgehead atoms. The Bertz CT molecular complexity index is 1010. The topological polar surface area (TPSA) is 84.0 Å². The molecule has 24 heavy (non-hydrogen) atoms. The zero-order chi connectivity index (χ0) is 17.1. The van der Waals surface area contributed by atoms with Gasteiger partial charge < -0.3 is 5.32 Å². The first kappa shape index (κ1) is 16.2. The van der Waals surface area contributed by atoms with Crippen LogP contribution >= 0.6 is 15.9 Å². The zero-order valence-corrected chi connectivity index (χ0v) is 14.2. The fourth-order valence-electron chi connectivity index (χ4n) is 2.37. The summed E-state index contributed by atoms with van der Waals surface area (Å²) in [7, 11) is 0. The van der Waals surface area contributed by atoms with Crippen molar-refractivity contribution in [2.45, 2.75) is 13.0 Å². The van der Waals surface area contributed by atoms with Gasteiger partial charge in [-0.25, -0.2) is 4.68 Å². The van der Waals surface area contributed by atoms with Crippen LogP contribution in [0.15, 0.2) is 62.6 Å². The number of anilines is 1. The molecule has 2 aromatic carbocycles. The second-order valence-electron chi connectivity index (χ2n) is 5.25. The molecule has 0 fully saturated rings. The van der Waals surface area contributed by atoms with E-state index in [1.807, 2.05) is 12.1 Å². The molecule has 2 N–H and O–H groups in total. The highest BCUT2D eigenvalue weighted by Crippen LogP contribution is 2.14. The van der Waals surface area contributed by atoms with Crippen molar-refractivity contribution in [1.29, 1.82) is 0 Å². The lowest BCUT2D eigenvalue weighted by Gasteiger charge is -2.08. The van der Waals surface area contributed by atoms with Gasteiger partial charge in [-0.1, -0.05) is 28.1 Å². The smallest absolute Gasteiger partial charge is 0.273 e. The number of fused-ring (bicyclic) bond motifs is 1. The summed E-state index contributed by atoms with van der Waals surface area (Å²) in [5.74, 6) is -0.238. The van der Waals surface area contributed by atoms with Crippen LogP contribution in [-0.2, 0) is 11.3 Å². The number of amides is 1. The molecule has 0 unspecified atom stereocenters. The van der Waals surface area contributed by atoms with Crippen LogP contribution < -0.4 is 16.4 Å². The van der Waals surface area contributed by atoms with Crippen LogP contribution in [0.3, 0.4) is 0 Å². The number of hydrogen-bond acceptors (Lipinski definition) is 3. The molecular formula is C17H14BrN3O3. The Balaban J connectivity index is 1.75. The van der Waals surface area contributed by atoms with Gasteiger partial charge >= 0.3 is 0 Å². The minimum absolute atomic E-state index is 0.0737. The van der Waals surface area contributed by atoms with E-state index in [1.165, 1.54) is 4.68 Å². The quantitative estimate of drug-likeness (QED) is 0.720. The average molecular weight is 388 g/mol. The Kier molecular flexibility index (Phi) is 4.61. The highest BCUT2D eigenvalue weighted by Gasteiger charge is 2.08. The minimum atomic E-state index is -0.349. The Morgan fingerprint density at radius 2 is 1.71 bits per heavy atom. The van der Waals surface area contributed by atoms with Crippen LogP contribution in [-0.4, -0.2) is 15.7 Å². The van der Waals surface area contributed by atoms with Gasteiger partial charge in [-0.3, -0.25) is 19.5 Å². The lowest BCUT2D eigenvalue weighted by Crippen LogP contribution is -2.31. The summed E-state index contributed by atoms with van der Waals surface area (Å²) >= 11 is 3.32. The summed E-state index contributed by atoms with van der Waals surface area (Å²) in [6.45, 7) is 0.0985. The van der Waals surface area contributed by atoms with Crippen molar-refractivity contribution >= 4 is 38.3 Å². The summed E-state index contributed by atoms with van der Waals surface area (Å²) < 4.78 is 2.09. The number of hydrogen-bond donors (Lipinski definition) is 2. The molecule has 0 radical (unpaired) electrons. The lowest BCUT2D eigenvalue weighted by atomic mass is 10.2. The average Bonchev–Trinajstić information content (AvgIpc) is 2.59. The van der Waals surface area contributed by atoms with Gasteiger partial charge in [-0.15, -0.1) is 0 Å². The van der Waals surface area contributed by atoms with Gasteiger partial charge in [0.15, 0.2) is 0 Å². The van der Waals surface area contributed by atoms with Crippen molar-refractivity contribution in [1.82, 2.24) is 9.78 Å². The maximum atomic E-state index is 12.3. The standard InChI is InChI=1S/C17H14BrN3O3/c18-11-5-7-12(8-6-11)19-15(22)9-10-21-17(24)14-4-2-1-3-13(14)16(23)20-21/h1-8H,9-10H2,(H,19,22)(H,20,23). The molecule has 0 aliphatic rings. The first-order chi connectivity index (χ1) is 11.5. The van der Waals surface area contributed by atoms with E-state index >= 15 is 0 Å². The first-order valence-electron chi connectivity index (χ1n) is 7.32. The van der Waals surface area contributed by atoms with Gasteiger partial charge in [0.05, 0.1) is 17.3 Å². The van der Waals surface area contributed by atoms with Gasteiger partial charge in [-0.2, -0.15) is 0 Å². The van der Waals surface area contributed by atoms with E-state index in [2.05, 4.69) is 26.3 Å².